The smallest absolute Gasteiger partial charge is 0.158 e. The van der Waals surface area contributed by atoms with Gasteiger partial charge in [-0.2, -0.15) is 0 Å². The Bertz CT molecular complexity index is 415. The Hall–Kier alpha value is -0.910. The molecule has 0 aromatic carbocycles. The quantitative estimate of drug-likeness (QED) is 0.837. The second kappa shape index (κ2) is 7.03. The second-order valence-corrected chi connectivity index (χ2v) is 5.25. The van der Waals surface area contributed by atoms with Crippen molar-refractivity contribution in [3.05, 3.63) is 17.0 Å². The Morgan fingerprint density at radius 2 is 2.37 bits per heavy atom. The molecule has 0 amide bonds. The molecule has 0 aliphatic carbocycles. The highest BCUT2D eigenvalue weighted by molar-refractivity contribution is 6.29. The van der Waals surface area contributed by atoms with E-state index in [0.29, 0.717) is 23.5 Å². The first kappa shape index (κ1) is 14.5. The first-order valence-electron chi connectivity index (χ1n) is 6.61. The van der Waals surface area contributed by atoms with Crippen LogP contribution in [0.2, 0.25) is 5.15 Å². The van der Waals surface area contributed by atoms with Crippen LogP contribution in [0.5, 0.6) is 0 Å². The number of ether oxygens (including phenoxy) is 1. The first-order valence-corrected chi connectivity index (χ1v) is 6.99. The summed E-state index contributed by atoms with van der Waals surface area (Å²) in [5, 5.41) is 9.50. The number of methoxy groups -OCH3 is 1. The van der Waals surface area contributed by atoms with Crippen molar-refractivity contribution in [3.63, 3.8) is 0 Å². The van der Waals surface area contributed by atoms with E-state index in [1.54, 1.807) is 13.2 Å². The molecule has 1 aromatic rings. The Labute approximate surface area is 118 Å². The molecular weight excluding hydrogens is 266 g/mol. The Morgan fingerprint density at radius 3 is 3.11 bits per heavy atom. The minimum absolute atomic E-state index is 0.248. The van der Waals surface area contributed by atoms with Gasteiger partial charge in [0.15, 0.2) is 5.82 Å². The Balaban J connectivity index is 2.11. The SMILES string of the molecule is COCc1nc(Cl)cc(N2CCCC(CCO)C2)n1. The van der Waals surface area contributed by atoms with Gasteiger partial charge in [0.2, 0.25) is 0 Å². The minimum Gasteiger partial charge on any atom is -0.396 e. The molecule has 19 heavy (non-hydrogen) atoms. The summed E-state index contributed by atoms with van der Waals surface area (Å²) in [6.45, 7) is 2.50. The predicted molar refractivity (Wildman–Crippen MR) is 74.4 cm³/mol. The lowest BCUT2D eigenvalue weighted by Gasteiger charge is -2.33. The van der Waals surface area contributed by atoms with Crippen molar-refractivity contribution in [2.45, 2.75) is 25.9 Å². The summed E-state index contributed by atoms with van der Waals surface area (Å²) in [5.41, 5.74) is 0. The number of hydrogen-bond acceptors (Lipinski definition) is 5. The highest BCUT2D eigenvalue weighted by atomic mass is 35.5. The lowest BCUT2D eigenvalue weighted by atomic mass is 9.95. The van der Waals surface area contributed by atoms with Crippen LogP contribution in [0.3, 0.4) is 0 Å². The van der Waals surface area contributed by atoms with E-state index in [0.717, 1.165) is 31.7 Å². The molecule has 1 aromatic heterocycles. The van der Waals surface area contributed by atoms with Crippen LogP contribution in [0.25, 0.3) is 0 Å². The third-order valence-corrected chi connectivity index (χ3v) is 3.58. The molecule has 1 saturated heterocycles. The molecule has 0 bridgehead atoms. The monoisotopic (exact) mass is 285 g/mol. The first-order chi connectivity index (χ1) is 9.22. The average Bonchev–Trinajstić information content (AvgIpc) is 2.39. The van der Waals surface area contributed by atoms with Crippen molar-refractivity contribution in [1.82, 2.24) is 9.97 Å². The number of rotatable bonds is 5. The zero-order chi connectivity index (χ0) is 13.7. The molecule has 1 aliphatic heterocycles. The summed E-state index contributed by atoms with van der Waals surface area (Å²) in [7, 11) is 1.61. The highest BCUT2D eigenvalue weighted by Gasteiger charge is 2.21. The summed E-state index contributed by atoms with van der Waals surface area (Å²) in [4.78, 5) is 10.8. The van der Waals surface area contributed by atoms with Crippen LogP contribution in [0.15, 0.2) is 6.07 Å². The van der Waals surface area contributed by atoms with Crippen LogP contribution < -0.4 is 4.90 Å². The number of hydrogen-bond donors (Lipinski definition) is 1. The number of aromatic nitrogens is 2. The summed E-state index contributed by atoms with van der Waals surface area (Å²) in [5.74, 6) is 1.99. The van der Waals surface area contributed by atoms with Crippen LogP contribution in [0.4, 0.5) is 5.82 Å². The minimum atomic E-state index is 0.248. The Kier molecular flexibility index (Phi) is 5.36. The molecule has 5 nitrogen and oxygen atoms in total. The van der Waals surface area contributed by atoms with Gasteiger partial charge in [0, 0.05) is 32.9 Å². The molecule has 2 heterocycles. The van der Waals surface area contributed by atoms with E-state index in [-0.39, 0.29) is 6.61 Å². The van der Waals surface area contributed by atoms with Gasteiger partial charge in [-0.25, -0.2) is 9.97 Å². The van der Waals surface area contributed by atoms with E-state index in [4.69, 9.17) is 21.4 Å². The molecule has 0 radical (unpaired) electrons. The topological polar surface area (TPSA) is 58.5 Å². The Morgan fingerprint density at radius 1 is 1.53 bits per heavy atom. The number of piperidine rings is 1. The van der Waals surface area contributed by atoms with Gasteiger partial charge in [-0.1, -0.05) is 11.6 Å². The third-order valence-electron chi connectivity index (χ3n) is 3.38. The van der Waals surface area contributed by atoms with Crippen LogP contribution in [0, 0.1) is 5.92 Å². The van der Waals surface area contributed by atoms with Crippen LogP contribution in [-0.4, -0.2) is 41.9 Å². The fraction of sp³-hybridized carbons (Fsp3) is 0.692. The number of anilines is 1. The van der Waals surface area contributed by atoms with Gasteiger partial charge in [0.1, 0.15) is 17.6 Å². The lowest BCUT2D eigenvalue weighted by Crippen LogP contribution is -2.36. The van der Waals surface area contributed by atoms with Crippen LogP contribution in [0.1, 0.15) is 25.1 Å². The summed E-state index contributed by atoms with van der Waals surface area (Å²) >= 11 is 6.03. The summed E-state index contributed by atoms with van der Waals surface area (Å²) in [6.07, 6.45) is 3.13. The van der Waals surface area contributed by atoms with E-state index in [9.17, 15) is 0 Å². The maximum atomic E-state index is 9.05. The maximum Gasteiger partial charge on any atom is 0.158 e. The van der Waals surface area contributed by atoms with Gasteiger partial charge in [-0.15, -0.1) is 0 Å². The summed E-state index contributed by atoms with van der Waals surface area (Å²) in [6, 6.07) is 1.79. The molecule has 106 valence electrons. The number of aliphatic hydroxyl groups is 1. The molecule has 0 spiro atoms. The number of halogens is 1. The van der Waals surface area contributed by atoms with Gasteiger partial charge in [0.05, 0.1) is 0 Å². The largest absolute Gasteiger partial charge is 0.396 e. The zero-order valence-electron chi connectivity index (χ0n) is 11.2. The maximum absolute atomic E-state index is 9.05. The average molecular weight is 286 g/mol. The third kappa shape index (κ3) is 4.03. The predicted octanol–water partition coefficient (Wildman–Crippen LogP) is 1.88. The molecule has 1 atom stereocenters. The van der Waals surface area contributed by atoms with Crippen molar-refractivity contribution in [2.24, 2.45) is 5.92 Å². The van der Waals surface area contributed by atoms with Gasteiger partial charge in [-0.05, 0) is 25.2 Å². The fourth-order valence-electron chi connectivity index (χ4n) is 2.50. The van der Waals surface area contributed by atoms with Gasteiger partial charge in [-0.3, -0.25) is 0 Å². The summed E-state index contributed by atoms with van der Waals surface area (Å²) < 4.78 is 5.05. The van der Waals surface area contributed by atoms with E-state index < -0.39 is 0 Å². The van der Waals surface area contributed by atoms with Crippen LogP contribution in [-0.2, 0) is 11.3 Å². The zero-order valence-corrected chi connectivity index (χ0v) is 11.9. The van der Waals surface area contributed by atoms with Crippen molar-refractivity contribution in [2.75, 3.05) is 31.7 Å². The molecule has 1 aliphatic rings. The molecule has 1 unspecified atom stereocenters. The molecular formula is C13H20ClN3O2. The van der Waals surface area contributed by atoms with Crippen molar-refractivity contribution >= 4 is 17.4 Å². The molecule has 0 saturated carbocycles. The van der Waals surface area contributed by atoms with Gasteiger partial charge < -0.3 is 14.7 Å². The van der Waals surface area contributed by atoms with Gasteiger partial charge >= 0.3 is 0 Å². The van der Waals surface area contributed by atoms with Crippen molar-refractivity contribution < 1.29 is 9.84 Å². The number of nitrogens with zero attached hydrogens (tertiary/aromatic N) is 3. The van der Waals surface area contributed by atoms with E-state index in [1.807, 2.05) is 0 Å². The second-order valence-electron chi connectivity index (χ2n) is 4.86. The normalized spacial score (nSPS) is 19.7. The lowest BCUT2D eigenvalue weighted by molar-refractivity contribution is 0.177. The molecule has 6 heteroatoms. The fourth-order valence-corrected chi connectivity index (χ4v) is 2.69. The standard InChI is InChI=1S/C13H20ClN3O2/c1-19-9-12-15-11(14)7-13(16-12)17-5-2-3-10(8-17)4-6-18/h7,10,18H,2-6,8-9H2,1H3. The van der Waals surface area contributed by atoms with Gasteiger partial charge in [0.25, 0.3) is 0 Å². The molecule has 2 rings (SSSR count). The van der Waals surface area contributed by atoms with Crippen molar-refractivity contribution in [3.8, 4) is 0 Å². The van der Waals surface area contributed by atoms with E-state index >= 15 is 0 Å². The van der Waals surface area contributed by atoms with Crippen molar-refractivity contribution in [1.29, 1.82) is 0 Å². The number of aliphatic hydroxyl groups excluding tert-OH is 1. The van der Waals surface area contributed by atoms with Crippen LogP contribution >= 0.6 is 11.6 Å². The molecule has 1 N–H and O–H groups in total. The molecule has 1 fully saturated rings. The van der Waals surface area contributed by atoms with E-state index in [1.165, 1.54) is 6.42 Å². The highest BCUT2D eigenvalue weighted by Crippen LogP contribution is 2.25. The van der Waals surface area contributed by atoms with E-state index in [2.05, 4.69) is 14.9 Å².